The molecule has 1 N–H and O–H groups in total. The van der Waals surface area contributed by atoms with Crippen molar-refractivity contribution in [3.05, 3.63) is 11.6 Å². The largest absolute Gasteiger partial charge is 0.468 e. The van der Waals surface area contributed by atoms with E-state index >= 15 is 0 Å². The van der Waals surface area contributed by atoms with Gasteiger partial charge >= 0.3 is 5.97 Å². The van der Waals surface area contributed by atoms with Gasteiger partial charge in [0.25, 0.3) is 5.91 Å². The molecule has 0 atom stereocenters. The van der Waals surface area contributed by atoms with E-state index in [0.717, 1.165) is 18.7 Å². The monoisotopic (exact) mass is 266 g/mol. The Hall–Kier alpha value is -1.92. The molecular weight excluding hydrogens is 248 g/mol. The van der Waals surface area contributed by atoms with Gasteiger partial charge in [-0.3, -0.25) is 14.7 Å². The molecule has 1 aliphatic rings. The van der Waals surface area contributed by atoms with Crippen molar-refractivity contribution in [1.82, 2.24) is 20.1 Å². The van der Waals surface area contributed by atoms with E-state index in [0.29, 0.717) is 5.92 Å². The number of aromatic amines is 1. The van der Waals surface area contributed by atoms with Crippen LogP contribution in [0.2, 0.25) is 0 Å². The normalized spacial score (nSPS) is 14.5. The standard InChI is InChI=1S/C12H18N4O3/c1-7(2)16(6-9(17)19-3)12(18)11-13-10(14-15-11)8-4-5-8/h7-8H,4-6H2,1-3H3,(H,13,14,15). The van der Waals surface area contributed by atoms with Gasteiger partial charge in [0.2, 0.25) is 5.82 Å². The minimum absolute atomic E-state index is 0.0969. The predicted octanol–water partition coefficient (Wildman–Crippen LogP) is 0.706. The number of esters is 1. The number of ether oxygens (including phenoxy) is 1. The van der Waals surface area contributed by atoms with Crippen molar-refractivity contribution < 1.29 is 14.3 Å². The Labute approximate surface area is 111 Å². The molecule has 1 amide bonds. The van der Waals surface area contributed by atoms with Gasteiger partial charge in [-0.05, 0) is 26.7 Å². The summed E-state index contributed by atoms with van der Waals surface area (Å²) in [5, 5.41) is 6.72. The SMILES string of the molecule is COC(=O)CN(C(=O)c1n[nH]c(C2CC2)n1)C(C)C. The maximum absolute atomic E-state index is 12.3. The number of hydrogen-bond donors (Lipinski definition) is 1. The van der Waals surface area contributed by atoms with Crippen LogP contribution >= 0.6 is 0 Å². The van der Waals surface area contributed by atoms with Crippen LogP contribution in [0.3, 0.4) is 0 Å². The zero-order valence-corrected chi connectivity index (χ0v) is 11.3. The molecule has 0 saturated heterocycles. The summed E-state index contributed by atoms with van der Waals surface area (Å²) in [6.45, 7) is 3.56. The third kappa shape index (κ3) is 3.10. The third-order valence-electron chi connectivity index (χ3n) is 3.07. The second-order valence-electron chi connectivity index (χ2n) is 4.92. The molecule has 0 unspecified atom stereocenters. The number of carbonyl (C=O) groups is 2. The van der Waals surface area contributed by atoms with Gasteiger partial charge in [-0.2, -0.15) is 0 Å². The molecule has 0 aromatic carbocycles. The lowest BCUT2D eigenvalue weighted by Gasteiger charge is -2.23. The zero-order valence-electron chi connectivity index (χ0n) is 11.3. The highest BCUT2D eigenvalue weighted by molar-refractivity contribution is 5.92. The molecule has 1 saturated carbocycles. The van der Waals surface area contributed by atoms with Gasteiger partial charge in [0.1, 0.15) is 12.4 Å². The predicted molar refractivity (Wildman–Crippen MR) is 66.5 cm³/mol. The fourth-order valence-corrected chi connectivity index (χ4v) is 1.73. The summed E-state index contributed by atoms with van der Waals surface area (Å²) >= 11 is 0. The summed E-state index contributed by atoms with van der Waals surface area (Å²) in [6, 6.07) is -0.130. The summed E-state index contributed by atoms with van der Waals surface area (Å²) in [5.74, 6) is 0.454. The highest BCUT2D eigenvalue weighted by Crippen LogP contribution is 2.37. The van der Waals surface area contributed by atoms with Gasteiger partial charge in [-0.1, -0.05) is 0 Å². The Balaban J connectivity index is 2.10. The number of nitrogens with one attached hydrogen (secondary N) is 1. The number of rotatable bonds is 5. The molecule has 7 nitrogen and oxygen atoms in total. The molecule has 19 heavy (non-hydrogen) atoms. The van der Waals surface area contributed by atoms with Crippen LogP contribution in [-0.2, 0) is 9.53 Å². The van der Waals surface area contributed by atoms with Crippen LogP contribution < -0.4 is 0 Å². The second kappa shape index (κ2) is 5.38. The second-order valence-corrected chi connectivity index (χ2v) is 4.92. The van der Waals surface area contributed by atoms with Gasteiger partial charge in [-0.15, -0.1) is 5.10 Å². The van der Waals surface area contributed by atoms with E-state index in [1.165, 1.54) is 12.0 Å². The van der Waals surface area contributed by atoms with Crippen molar-refractivity contribution in [2.24, 2.45) is 0 Å². The van der Waals surface area contributed by atoms with Crippen LogP contribution in [-0.4, -0.2) is 51.7 Å². The minimum Gasteiger partial charge on any atom is -0.468 e. The average molecular weight is 266 g/mol. The lowest BCUT2D eigenvalue weighted by molar-refractivity contribution is -0.141. The van der Waals surface area contributed by atoms with E-state index in [-0.39, 0.29) is 24.3 Å². The molecule has 2 rings (SSSR count). The lowest BCUT2D eigenvalue weighted by atomic mass is 10.3. The Kier molecular flexibility index (Phi) is 3.82. The van der Waals surface area contributed by atoms with E-state index < -0.39 is 5.97 Å². The van der Waals surface area contributed by atoms with Crippen molar-refractivity contribution in [2.75, 3.05) is 13.7 Å². The van der Waals surface area contributed by atoms with Crippen LogP contribution in [0.25, 0.3) is 0 Å². The summed E-state index contributed by atoms with van der Waals surface area (Å²) in [6.07, 6.45) is 2.16. The van der Waals surface area contributed by atoms with Crippen molar-refractivity contribution in [1.29, 1.82) is 0 Å². The van der Waals surface area contributed by atoms with Gasteiger partial charge in [0.05, 0.1) is 7.11 Å². The number of nitrogens with zero attached hydrogens (tertiary/aromatic N) is 3. The number of methoxy groups -OCH3 is 1. The molecule has 7 heteroatoms. The van der Waals surface area contributed by atoms with Crippen LogP contribution in [0.15, 0.2) is 0 Å². The molecule has 0 radical (unpaired) electrons. The fraction of sp³-hybridized carbons (Fsp3) is 0.667. The molecule has 104 valence electrons. The molecular formula is C12H18N4O3. The van der Waals surface area contributed by atoms with E-state index in [2.05, 4.69) is 19.9 Å². The van der Waals surface area contributed by atoms with Crippen LogP contribution in [0.4, 0.5) is 0 Å². The molecule has 1 fully saturated rings. The molecule has 0 spiro atoms. The Bertz CT molecular complexity index is 479. The zero-order chi connectivity index (χ0) is 14.0. The van der Waals surface area contributed by atoms with Crippen molar-refractivity contribution in [2.45, 2.75) is 38.6 Å². The van der Waals surface area contributed by atoms with E-state index in [9.17, 15) is 9.59 Å². The van der Waals surface area contributed by atoms with Gasteiger partial charge < -0.3 is 9.64 Å². The summed E-state index contributed by atoms with van der Waals surface area (Å²) in [5.41, 5.74) is 0. The van der Waals surface area contributed by atoms with Crippen LogP contribution in [0.5, 0.6) is 0 Å². The number of H-pyrrole nitrogens is 1. The van der Waals surface area contributed by atoms with E-state index in [1.807, 2.05) is 13.8 Å². The van der Waals surface area contributed by atoms with Crippen LogP contribution in [0.1, 0.15) is 49.1 Å². The number of aromatic nitrogens is 3. The third-order valence-corrected chi connectivity index (χ3v) is 3.07. The van der Waals surface area contributed by atoms with Gasteiger partial charge in [0, 0.05) is 12.0 Å². The van der Waals surface area contributed by atoms with E-state index in [1.54, 1.807) is 0 Å². The molecule has 1 heterocycles. The summed E-state index contributed by atoms with van der Waals surface area (Å²) < 4.78 is 4.59. The highest BCUT2D eigenvalue weighted by atomic mass is 16.5. The first-order chi connectivity index (χ1) is 9.02. The molecule has 1 aromatic heterocycles. The summed E-state index contributed by atoms with van der Waals surface area (Å²) in [7, 11) is 1.29. The van der Waals surface area contributed by atoms with Gasteiger partial charge in [0.15, 0.2) is 0 Å². The quantitative estimate of drug-likeness (QED) is 0.793. The summed E-state index contributed by atoms with van der Waals surface area (Å²) in [4.78, 5) is 29.2. The first kappa shape index (κ1) is 13.5. The molecule has 1 aliphatic carbocycles. The van der Waals surface area contributed by atoms with E-state index in [4.69, 9.17) is 0 Å². The average Bonchev–Trinajstić information content (AvgIpc) is 3.12. The topological polar surface area (TPSA) is 88.2 Å². The highest BCUT2D eigenvalue weighted by Gasteiger charge is 2.30. The maximum Gasteiger partial charge on any atom is 0.325 e. The Morgan fingerprint density at radius 1 is 1.47 bits per heavy atom. The maximum atomic E-state index is 12.3. The number of hydrogen-bond acceptors (Lipinski definition) is 5. The molecule has 0 bridgehead atoms. The Morgan fingerprint density at radius 2 is 2.16 bits per heavy atom. The fourth-order valence-electron chi connectivity index (χ4n) is 1.73. The molecule has 0 aliphatic heterocycles. The Morgan fingerprint density at radius 3 is 2.68 bits per heavy atom. The number of carbonyl (C=O) groups excluding carboxylic acids is 2. The smallest absolute Gasteiger partial charge is 0.325 e. The minimum atomic E-state index is -0.458. The first-order valence-corrected chi connectivity index (χ1v) is 6.33. The van der Waals surface area contributed by atoms with Crippen molar-refractivity contribution in [3.8, 4) is 0 Å². The van der Waals surface area contributed by atoms with Gasteiger partial charge in [-0.25, -0.2) is 4.98 Å². The molecule has 1 aromatic rings. The number of amides is 1. The van der Waals surface area contributed by atoms with Crippen LogP contribution in [0, 0.1) is 0 Å². The lowest BCUT2D eigenvalue weighted by Crippen LogP contribution is -2.41. The first-order valence-electron chi connectivity index (χ1n) is 6.33. The van der Waals surface area contributed by atoms with Crippen molar-refractivity contribution >= 4 is 11.9 Å². The van der Waals surface area contributed by atoms with Crippen molar-refractivity contribution in [3.63, 3.8) is 0 Å².